The van der Waals surface area contributed by atoms with Gasteiger partial charge in [-0.3, -0.25) is 0 Å². The van der Waals surface area contributed by atoms with Gasteiger partial charge in [-0.15, -0.1) is 0 Å². The molecule has 0 aromatic carbocycles. The van der Waals surface area contributed by atoms with Gasteiger partial charge in [0.05, 0.1) is 11.9 Å². The topological polar surface area (TPSA) is 91.6 Å². The molecular formula is C12H19N5O2S. The van der Waals surface area contributed by atoms with Gasteiger partial charge in [-0.05, 0) is 25.0 Å². The zero-order chi connectivity index (χ0) is 14.2. The van der Waals surface area contributed by atoms with Crippen molar-refractivity contribution in [3.8, 4) is 0 Å². The Hall–Kier alpha value is -1.38. The normalized spacial score (nSPS) is 21.1. The summed E-state index contributed by atoms with van der Waals surface area (Å²) in [5.74, 6) is 0.489. The summed E-state index contributed by atoms with van der Waals surface area (Å²) < 4.78 is 28.4. The van der Waals surface area contributed by atoms with Crippen LogP contribution in [0.2, 0.25) is 0 Å². The van der Waals surface area contributed by atoms with Crippen LogP contribution in [0.4, 0.5) is 11.5 Å². The SMILES string of the molecule is Nc1ccc(N2CCN(S(=O)(=O)NC3CC3)CC2)cn1. The molecule has 0 spiro atoms. The third kappa shape index (κ3) is 3.02. The molecule has 0 bridgehead atoms. The van der Waals surface area contributed by atoms with Gasteiger partial charge < -0.3 is 10.6 Å². The van der Waals surface area contributed by atoms with Crippen LogP contribution in [-0.4, -0.2) is 49.9 Å². The van der Waals surface area contributed by atoms with Gasteiger partial charge >= 0.3 is 0 Å². The number of piperazine rings is 1. The molecule has 1 saturated carbocycles. The van der Waals surface area contributed by atoms with E-state index in [0.717, 1.165) is 18.5 Å². The molecule has 2 fully saturated rings. The summed E-state index contributed by atoms with van der Waals surface area (Å²) in [7, 11) is -3.31. The quantitative estimate of drug-likeness (QED) is 0.802. The molecule has 20 heavy (non-hydrogen) atoms. The van der Waals surface area contributed by atoms with E-state index in [4.69, 9.17) is 5.73 Å². The number of aromatic nitrogens is 1. The first-order valence-electron chi connectivity index (χ1n) is 6.78. The first kappa shape index (κ1) is 13.6. The zero-order valence-electron chi connectivity index (χ0n) is 11.2. The van der Waals surface area contributed by atoms with Crippen molar-refractivity contribution in [2.24, 2.45) is 0 Å². The first-order valence-corrected chi connectivity index (χ1v) is 8.22. The van der Waals surface area contributed by atoms with E-state index < -0.39 is 10.2 Å². The van der Waals surface area contributed by atoms with Crippen molar-refractivity contribution in [3.05, 3.63) is 18.3 Å². The van der Waals surface area contributed by atoms with E-state index >= 15 is 0 Å². The van der Waals surface area contributed by atoms with Crippen molar-refractivity contribution in [1.29, 1.82) is 0 Å². The lowest BCUT2D eigenvalue weighted by atomic mass is 10.3. The van der Waals surface area contributed by atoms with Crippen LogP contribution >= 0.6 is 0 Å². The predicted molar refractivity (Wildman–Crippen MR) is 77.5 cm³/mol. The fourth-order valence-corrected chi connectivity index (χ4v) is 3.71. The van der Waals surface area contributed by atoms with Crippen LogP contribution in [0.15, 0.2) is 18.3 Å². The van der Waals surface area contributed by atoms with Gasteiger partial charge in [0, 0.05) is 32.2 Å². The molecule has 2 heterocycles. The zero-order valence-corrected chi connectivity index (χ0v) is 12.0. The van der Waals surface area contributed by atoms with Gasteiger partial charge in [0.25, 0.3) is 10.2 Å². The van der Waals surface area contributed by atoms with Crippen LogP contribution in [0, 0.1) is 0 Å². The van der Waals surface area contributed by atoms with Gasteiger partial charge in [-0.1, -0.05) is 0 Å². The lowest BCUT2D eigenvalue weighted by molar-refractivity contribution is 0.378. The van der Waals surface area contributed by atoms with Gasteiger partial charge in [-0.2, -0.15) is 17.4 Å². The number of nitrogen functional groups attached to an aromatic ring is 1. The molecule has 1 aromatic heterocycles. The maximum atomic E-state index is 12.1. The van der Waals surface area contributed by atoms with E-state index in [1.54, 1.807) is 12.3 Å². The van der Waals surface area contributed by atoms with Crippen molar-refractivity contribution in [3.63, 3.8) is 0 Å². The van der Waals surface area contributed by atoms with Crippen molar-refractivity contribution < 1.29 is 8.42 Å². The fourth-order valence-electron chi connectivity index (χ4n) is 2.26. The van der Waals surface area contributed by atoms with Crippen LogP contribution < -0.4 is 15.4 Å². The second-order valence-corrected chi connectivity index (χ2v) is 6.93. The van der Waals surface area contributed by atoms with E-state index in [9.17, 15) is 8.42 Å². The number of nitrogens with zero attached hydrogens (tertiary/aromatic N) is 3. The molecule has 1 aromatic rings. The summed E-state index contributed by atoms with van der Waals surface area (Å²) in [5, 5.41) is 0. The molecule has 0 unspecified atom stereocenters. The summed E-state index contributed by atoms with van der Waals surface area (Å²) in [5.41, 5.74) is 6.54. The van der Waals surface area contributed by atoms with Gasteiger partial charge in [0.2, 0.25) is 0 Å². The molecule has 0 amide bonds. The van der Waals surface area contributed by atoms with Crippen LogP contribution in [0.1, 0.15) is 12.8 Å². The van der Waals surface area contributed by atoms with E-state index in [0.29, 0.717) is 32.0 Å². The minimum Gasteiger partial charge on any atom is -0.384 e. The van der Waals surface area contributed by atoms with Crippen LogP contribution in [0.25, 0.3) is 0 Å². The average Bonchev–Trinajstić information content (AvgIpc) is 3.23. The maximum Gasteiger partial charge on any atom is 0.279 e. The standard InChI is InChI=1S/C12H19N5O2S/c13-12-4-3-11(9-14-12)16-5-7-17(8-6-16)20(18,19)15-10-1-2-10/h3-4,9-10,15H,1-2,5-8H2,(H2,13,14). The molecular weight excluding hydrogens is 278 g/mol. The summed E-state index contributed by atoms with van der Waals surface area (Å²) in [6.07, 6.45) is 3.63. The summed E-state index contributed by atoms with van der Waals surface area (Å²) >= 11 is 0. The van der Waals surface area contributed by atoms with E-state index in [1.807, 2.05) is 6.07 Å². The summed E-state index contributed by atoms with van der Waals surface area (Å²) in [6, 6.07) is 3.82. The Kier molecular flexibility index (Phi) is 3.53. The Morgan fingerprint density at radius 3 is 2.45 bits per heavy atom. The second kappa shape index (κ2) is 5.19. The highest BCUT2D eigenvalue weighted by molar-refractivity contribution is 7.87. The molecule has 110 valence electrons. The highest BCUT2D eigenvalue weighted by Crippen LogP contribution is 2.22. The smallest absolute Gasteiger partial charge is 0.279 e. The molecule has 3 N–H and O–H groups in total. The number of pyridine rings is 1. The monoisotopic (exact) mass is 297 g/mol. The number of hydrogen-bond acceptors (Lipinski definition) is 5. The Balaban J connectivity index is 1.60. The van der Waals surface area contributed by atoms with Crippen molar-refractivity contribution in [2.45, 2.75) is 18.9 Å². The van der Waals surface area contributed by atoms with Crippen molar-refractivity contribution >= 4 is 21.7 Å². The Morgan fingerprint density at radius 2 is 1.90 bits per heavy atom. The molecule has 0 atom stereocenters. The minimum atomic E-state index is -3.31. The van der Waals surface area contributed by atoms with Gasteiger partial charge in [0.15, 0.2) is 0 Å². The lowest BCUT2D eigenvalue weighted by Gasteiger charge is -2.35. The average molecular weight is 297 g/mol. The molecule has 0 radical (unpaired) electrons. The molecule has 1 saturated heterocycles. The van der Waals surface area contributed by atoms with Crippen LogP contribution in [0.3, 0.4) is 0 Å². The van der Waals surface area contributed by atoms with Gasteiger partial charge in [0.1, 0.15) is 5.82 Å². The van der Waals surface area contributed by atoms with Crippen LogP contribution in [0.5, 0.6) is 0 Å². The molecule has 1 aliphatic carbocycles. The maximum absolute atomic E-state index is 12.1. The first-order chi connectivity index (χ1) is 9.54. The molecule has 7 nitrogen and oxygen atoms in total. The summed E-state index contributed by atoms with van der Waals surface area (Å²) in [6.45, 7) is 2.31. The van der Waals surface area contributed by atoms with Gasteiger partial charge in [-0.25, -0.2) is 4.98 Å². The molecule has 2 aliphatic rings. The third-order valence-electron chi connectivity index (χ3n) is 3.61. The Morgan fingerprint density at radius 1 is 1.20 bits per heavy atom. The van der Waals surface area contributed by atoms with E-state index in [-0.39, 0.29) is 6.04 Å². The highest BCUT2D eigenvalue weighted by Gasteiger charge is 2.32. The van der Waals surface area contributed by atoms with E-state index in [2.05, 4.69) is 14.6 Å². The predicted octanol–water partition coefficient (Wildman–Crippen LogP) is -0.217. The summed E-state index contributed by atoms with van der Waals surface area (Å²) in [4.78, 5) is 6.18. The number of rotatable bonds is 4. The number of hydrogen-bond donors (Lipinski definition) is 2. The fraction of sp³-hybridized carbons (Fsp3) is 0.583. The Bertz CT molecular complexity index is 562. The Labute approximate surface area is 118 Å². The number of nitrogens with two attached hydrogens (primary N) is 1. The van der Waals surface area contributed by atoms with Crippen LogP contribution in [-0.2, 0) is 10.2 Å². The van der Waals surface area contributed by atoms with E-state index in [1.165, 1.54) is 4.31 Å². The second-order valence-electron chi connectivity index (χ2n) is 5.22. The largest absolute Gasteiger partial charge is 0.384 e. The lowest BCUT2D eigenvalue weighted by Crippen LogP contribution is -2.52. The number of nitrogens with one attached hydrogen (secondary N) is 1. The highest BCUT2D eigenvalue weighted by atomic mass is 32.2. The number of anilines is 2. The minimum absolute atomic E-state index is 0.152. The molecule has 3 rings (SSSR count). The molecule has 1 aliphatic heterocycles. The van der Waals surface area contributed by atoms with Crippen molar-refractivity contribution in [2.75, 3.05) is 36.8 Å². The molecule has 8 heteroatoms. The van der Waals surface area contributed by atoms with Crippen molar-refractivity contribution in [1.82, 2.24) is 14.0 Å². The third-order valence-corrected chi connectivity index (χ3v) is 5.28.